The third kappa shape index (κ3) is 3.91. The molecule has 0 radical (unpaired) electrons. The molecular formula is C13H16MnO3. The number of rotatable bonds is 0. The van der Waals surface area contributed by atoms with E-state index in [0.29, 0.717) is 5.92 Å². The molecule has 93 valence electrons. The Kier molecular flexibility index (Phi) is 6.61. The van der Waals surface area contributed by atoms with Crippen molar-refractivity contribution in [2.75, 3.05) is 0 Å². The van der Waals surface area contributed by atoms with Crippen molar-refractivity contribution >= 4 is 14.4 Å². The first-order valence-corrected chi connectivity index (χ1v) is 6.85. The summed E-state index contributed by atoms with van der Waals surface area (Å²) in [7, 11) is 0. The van der Waals surface area contributed by atoms with Crippen molar-refractivity contribution in [2.45, 2.75) is 34.6 Å². The SMILES string of the molecule is CC1=C(C)C(C)C(C)=C1C.O=[C]=[Mn](=[C]=O)=[C]=O. The van der Waals surface area contributed by atoms with Crippen molar-refractivity contribution < 1.29 is 27.0 Å². The van der Waals surface area contributed by atoms with Crippen LogP contribution in [0.3, 0.4) is 0 Å². The summed E-state index contributed by atoms with van der Waals surface area (Å²) < 4.78 is 0. The molecule has 0 heterocycles. The number of hydrogen-bond acceptors (Lipinski definition) is 3. The second-order valence-corrected chi connectivity index (χ2v) is 5.46. The zero-order chi connectivity index (χ0) is 13.6. The average Bonchev–Trinajstić information content (AvgIpc) is 2.51. The van der Waals surface area contributed by atoms with Gasteiger partial charge < -0.3 is 0 Å². The van der Waals surface area contributed by atoms with Crippen molar-refractivity contribution in [3.63, 3.8) is 0 Å². The molecule has 1 aliphatic carbocycles. The summed E-state index contributed by atoms with van der Waals surface area (Å²) in [4.78, 5) is 31.7. The molecule has 17 heavy (non-hydrogen) atoms. The Morgan fingerprint density at radius 1 is 0.824 bits per heavy atom. The van der Waals surface area contributed by atoms with E-state index in [2.05, 4.69) is 34.6 Å². The monoisotopic (exact) mass is 275 g/mol. The second-order valence-electron chi connectivity index (χ2n) is 3.85. The van der Waals surface area contributed by atoms with Gasteiger partial charge in [-0.25, -0.2) is 0 Å². The summed E-state index contributed by atoms with van der Waals surface area (Å²) in [5, 5.41) is 0. The third-order valence-electron chi connectivity index (χ3n) is 3.28. The van der Waals surface area contributed by atoms with Crippen molar-refractivity contribution in [1.82, 2.24) is 0 Å². The molecule has 0 aliphatic heterocycles. The van der Waals surface area contributed by atoms with Crippen LogP contribution in [-0.4, -0.2) is 14.4 Å². The summed E-state index contributed by atoms with van der Waals surface area (Å²) in [6.07, 6.45) is 0. The molecule has 1 aliphatic rings. The van der Waals surface area contributed by atoms with E-state index in [-0.39, 0.29) is 0 Å². The molecule has 0 unspecified atom stereocenters. The Hall–Kier alpha value is -1.26. The van der Waals surface area contributed by atoms with Gasteiger partial charge in [-0.05, 0) is 44.8 Å². The normalized spacial score (nSPS) is 14.6. The van der Waals surface area contributed by atoms with Crippen LogP contribution >= 0.6 is 0 Å². The Morgan fingerprint density at radius 2 is 1.12 bits per heavy atom. The van der Waals surface area contributed by atoms with Crippen LogP contribution < -0.4 is 0 Å². The topological polar surface area (TPSA) is 51.2 Å². The van der Waals surface area contributed by atoms with Crippen LogP contribution in [0.15, 0.2) is 22.3 Å². The van der Waals surface area contributed by atoms with Crippen molar-refractivity contribution in [3.8, 4) is 0 Å². The van der Waals surface area contributed by atoms with Crippen LogP contribution in [0.4, 0.5) is 0 Å². The van der Waals surface area contributed by atoms with E-state index < -0.39 is 12.6 Å². The fraction of sp³-hybridized carbons (Fsp3) is 0.462. The molecule has 0 aromatic rings. The summed E-state index contributed by atoms with van der Waals surface area (Å²) in [5.41, 5.74) is 6.11. The minimum atomic E-state index is -2.30. The van der Waals surface area contributed by atoms with Crippen molar-refractivity contribution in [3.05, 3.63) is 22.3 Å². The Morgan fingerprint density at radius 3 is 1.18 bits per heavy atom. The summed E-state index contributed by atoms with van der Waals surface area (Å²) in [6, 6.07) is 0. The molecule has 0 N–H and O–H groups in total. The van der Waals surface area contributed by atoms with E-state index in [9.17, 15) is 14.4 Å². The molecule has 0 amide bonds. The van der Waals surface area contributed by atoms with E-state index >= 15 is 0 Å². The van der Waals surface area contributed by atoms with Crippen LogP contribution in [0.5, 0.6) is 0 Å². The van der Waals surface area contributed by atoms with Gasteiger partial charge >= 0.3 is 41.3 Å². The molecule has 4 heteroatoms. The van der Waals surface area contributed by atoms with Crippen LogP contribution in [0, 0.1) is 5.92 Å². The van der Waals surface area contributed by atoms with E-state index in [1.54, 1.807) is 11.1 Å². The first-order chi connectivity index (χ1) is 7.90. The third-order valence-corrected chi connectivity index (χ3v) is 4.00. The zero-order valence-electron chi connectivity index (χ0n) is 10.7. The predicted octanol–water partition coefficient (Wildman–Crippen LogP) is 2.12. The summed E-state index contributed by atoms with van der Waals surface area (Å²) in [6.45, 7) is 11.2. The molecule has 0 saturated carbocycles. The Bertz CT molecular complexity index is 517. The van der Waals surface area contributed by atoms with Crippen molar-refractivity contribution in [1.29, 1.82) is 0 Å². The first-order valence-electron chi connectivity index (χ1n) is 5.08. The molecule has 0 fully saturated rings. The van der Waals surface area contributed by atoms with Crippen LogP contribution in [-0.2, 0) is 27.0 Å². The molecule has 0 atom stereocenters. The quantitative estimate of drug-likeness (QED) is 0.636. The summed E-state index contributed by atoms with van der Waals surface area (Å²) >= 11 is -2.30. The van der Waals surface area contributed by atoms with E-state index in [1.807, 2.05) is 0 Å². The van der Waals surface area contributed by atoms with Gasteiger partial charge in [-0.15, -0.1) is 0 Å². The van der Waals surface area contributed by atoms with Gasteiger partial charge in [0.05, 0.1) is 0 Å². The van der Waals surface area contributed by atoms with Crippen LogP contribution in [0.2, 0.25) is 0 Å². The molecule has 0 saturated heterocycles. The van der Waals surface area contributed by atoms with Gasteiger partial charge in [-0.3, -0.25) is 0 Å². The fourth-order valence-electron chi connectivity index (χ4n) is 1.61. The Labute approximate surface area is 104 Å². The van der Waals surface area contributed by atoms with Gasteiger partial charge in [0.1, 0.15) is 0 Å². The molecular weight excluding hydrogens is 259 g/mol. The molecule has 3 nitrogen and oxygen atoms in total. The zero-order valence-corrected chi connectivity index (χ0v) is 11.9. The molecule has 0 spiro atoms. The van der Waals surface area contributed by atoms with Crippen molar-refractivity contribution in [2.24, 2.45) is 5.92 Å². The van der Waals surface area contributed by atoms with Crippen LogP contribution in [0.1, 0.15) is 34.6 Å². The molecule has 1 rings (SSSR count). The number of allylic oxidation sites excluding steroid dienone is 4. The number of carbonyl (C=O) groups excluding carboxylic acids is 3. The van der Waals surface area contributed by atoms with Gasteiger partial charge in [0.2, 0.25) is 0 Å². The Balaban J connectivity index is 0.000000325. The van der Waals surface area contributed by atoms with Gasteiger partial charge in [-0.1, -0.05) is 18.1 Å². The first kappa shape index (κ1) is 15.7. The average molecular weight is 275 g/mol. The second kappa shape index (κ2) is 7.14. The minimum absolute atomic E-state index is 0.694. The van der Waals surface area contributed by atoms with Gasteiger partial charge in [-0.2, -0.15) is 0 Å². The predicted molar refractivity (Wildman–Crippen MR) is 63.0 cm³/mol. The van der Waals surface area contributed by atoms with Gasteiger partial charge in [0, 0.05) is 0 Å². The van der Waals surface area contributed by atoms with E-state index in [1.165, 1.54) is 25.5 Å². The van der Waals surface area contributed by atoms with Gasteiger partial charge in [0.25, 0.3) is 0 Å². The molecule has 0 bridgehead atoms. The fourth-order valence-corrected chi connectivity index (χ4v) is 1.76. The standard InChI is InChI=1S/C10H16.3CO.Mn/c1-6-7(2)9(4)10(5)8(6)3;3*1-2;/h6H,1-5H3;;;;. The number of hydrogen-bond donors (Lipinski definition) is 0. The van der Waals surface area contributed by atoms with E-state index in [0.717, 1.165) is 0 Å². The molecule has 0 aromatic heterocycles. The van der Waals surface area contributed by atoms with E-state index in [4.69, 9.17) is 0 Å². The summed E-state index contributed by atoms with van der Waals surface area (Å²) in [5.74, 6) is 0.694. The maximum absolute atomic E-state index is 9.36. The van der Waals surface area contributed by atoms with Gasteiger partial charge in [0.15, 0.2) is 0 Å². The molecule has 0 aromatic carbocycles. The maximum atomic E-state index is 9.36. The van der Waals surface area contributed by atoms with Crippen LogP contribution in [0.25, 0.3) is 0 Å².